The van der Waals surface area contributed by atoms with Crippen LogP contribution >= 0.6 is 11.3 Å². The molecular weight excluding hydrogens is 272 g/mol. The van der Waals surface area contributed by atoms with E-state index in [0.29, 0.717) is 24.3 Å². The number of aliphatic carboxylic acids is 1. The van der Waals surface area contributed by atoms with E-state index in [4.69, 9.17) is 5.11 Å². The molecule has 0 radical (unpaired) electrons. The summed E-state index contributed by atoms with van der Waals surface area (Å²) in [7, 11) is 0. The van der Waals surface area contributed by atoms with Crippen LogP contribution in [0, 0.1) is 10.1 Å². The van der Waals surface area contributed by atoms with Crippen molar-refractivity contribution < 1.29 is 19.6 Å². The molecule has 104 valence electrons. The SMILES string of the molecule is O=C(O)CCCCCNC(=O)c1ccc([N+](=O)[O-])s1. The highest BCUT2D eigenvalue weighted by Crippen LogP contribution is 2.23. The zero-order chi connectivity index (χ0) is 14.3. The van der Waals surface area contributed by atoms with Gasteiger partial charge in [-0.15, -0.1) is 0 Å². The highest BCUT2D eigenvalue weighted by Gasteiger charge is 2.14. The van der Waals surface area contributed by atoms with Crippen molar-refractivity contribution in [1.82, 2.24) is 5.32 Å². The van der Waals surface area contributed by atoms with Gasteiger partial charge in [0, 0.05) is 19.0 Å². The van der Waals surface area contributed by atoms with Crippen LogP contribution in [0.2, 0.25) is 0 Å². The molecule has 0 atom stereocenters. The fourth-order valence-corrected chi connectivity index (χ4v) is 2.15. The Morgan fingerprint density at radius 1 is 1.32 bits per heavy atom. The average Bonchev–Trinajstić information content (AvgIpc) is 2.82. The van der Waals surface area contributed by atoms with Crippen LogP contribution in [0.3, 0.4) is 0 Å². The van der Waals surface area contributed by atoms with E-state index in [1.54, 1.807) is 0 Å². The summed E-state index contributed by atoms with van der Waals surface area (Å²) in [4.78, 5) is 32.1. The molecule has 0 aromatic carbocycles. The van der Waals surface area contributed by atoms with Gasteiger partial charge >= 0.3 is 11.0 Å². The van der Waals surface area contributed by atoms with E-state index in [-0.39, 0.29) is 17.3 Å². The van der Waals surface area contributed by atoms with Gasteiger partial charge in [-0.05, 0) is 18.9 Å². The second-order valence-corrected chi connectivity index (χ2v) is 4.92. The molecule has 0 aliphatic rings. The maximum atomic E-state index is 11.6. The molecule has 0 spiro atoms. The first-order chi connectivity index (χ1) is 9.00. The zero-order valence-corrected chi connectivity index (χ0v) is 10.9. The van der Waals surface area contributed by atoms with E-state index in [9.17, 15) is 19.7 Å². The largest absolute Gasteiger partial charge is 0.481 e. The third-order valence-corrected chi connectivity index (χ3v) is 3.38. The topological polar surface area (TPSA) is 110 Å². The predicted molar refractivity (Wildman–Crippen MR) is 69.4 cm³/mol. The van der Waals surface area contributed by atoms with Crippen molar-refractivity contribution in [3.05, 3.63) is 27.1 Å². The second-order valence-electron chi connectivity index (χ2n) is 3.86. The Morgan fingerprint density at radius 3 is 2.63 bits per heavy atom. The molecular formula is C11H14N2O5S. The highest BCUT2D eigenvalue weighted by molar-refractivity contribution is 7.17. The van der Waals surface area contributed by atoms with Gasteiger partial charge in [0.05, 0.1) is 9.80 Å². The Labute approximate surface area is 113 Å². The molecule has 1 rings (SSSR count). The van der Waals surface area contributed by atoms with Crippen molar-refractivity contribution in [3.63, 3.8) is 0 Å². The lowest BCUT2D eigenvalue weighted by atomic mass is 10.2. The second kappa shape index (κ2) is 7.47. The predicted octanol–water partition coefficient (Wildman–Crippen LogP) is 2.03. The summed E-state index contributed by atoms with van der Waals surface area (Å²) in [6, 6.07) is 2.72. The smallest absolute Gasteiger partial charge is 0.324 e. The van der Waals surface area contributed by atoms with Crippen LogP contribution < -0.4 is 5.32 Å². The summed E-state index contributed by atoms with van der Waals surface area (Å²) in [5.74, 6) is -1.16. The van der Waals surface area contributed by atoms with Crippen LogP contribution in [0.4, 0.5) is 5.00 Å². The molecule has 0 aliphatic heterocycles. The van der Waals surface area contributed by atoms with E-state index in [0.717, 1.165) is 17.8 Å². The van der Waals surface area contributed by atoms with Crippen molar-refractivity contribution in [2.45, 2.75) is 25.7 Å². The molecule has 0 fully saturated rings. The van der Waals surface area contributed by atoms with Gasteiger partial charge in [0.25, 0.3) is 5.91 Å². The lowest BCUT2D eigenvalue weighted by Gasteiger charge is -2.02. The third kappa shape index (κ3) is 5.47. The number of hydrogen-bond acceptors (Lipinski definition) is 5. The Morgan fingerprint density at radius 2 is 2.05 bits per heavy atom. The summed E-state index contributed by atoms with van der Waals surface area (Å²) in [5, 5.41) is 21.5. The van der Waals surface area contributed by atoms with Crippen molar-refractivity contribution in [3.8, 4) is 0 Å². The molecule has 0 aliphatic carbocycles. The number of carboxylic acids is 1. The van der Waals surface area contributed by atoms with Crippen LogP contribution in [0.5, 0.6) is 0 Å². The Bertz CT molecular complexity index is 471. The molecule has 1 aromatic rings. The van der Waals surface area contributed by atoms with Crippen LogP contribution in [0.1, 0.15) is 35.4 Å². The minimum absolute atomic E-state index is 0.0633. The first-order valence-electron chi connectivity index (χ1n) is 5.75. The van der Waals surface area contributed by atoms with Crippen LogP contribution in [0.15, 0.2) is 12.1 Å². The summed E-state index contributed by atoms with van der Waals surface area (Å²) >= 11 is 0.832. The van der Waals surface area contributed by atoms with Gasteiger partial charge in [-0.3, -0.25) is 19.7 Å². The Balaban J connectivity index is 2.23. The molecule has 1 aromatic heterocycles. The molecule has 2 N–H and O–H groups in total. The lowest BCUT2D eigenvalue weighted by Crippen LogP contribution is -2.23. The normalized spacial score (nSPS) is 10.1. The number of nitro groups is 1. The fourth-order valence-electron chi connectivity index (χ4n) is 1.41. The Hall–Kier alpha value is -1.96. The molecule has 0 saturated carbocycles. The van der Waals surface area contributed by atoms with E-state index < -0.39 is 10.9 Å². The Kier molecular flexibility index (Phi) is 5.94. The van der Waals surface area contributed by atoms with Crippen molar-refractivity contribution in [2.24, 2.45) is 0 Å². The molecule has 0 unspecified atom stereocenters. The van der Waals surface area contributed by atoms with Gasteiger partial charge in [0.2, 0.25) is 0 Å². The van der Waals surface area contributed by atoms with E-state index in [2.05, 4.69) is 5.32 Å². The maximum absolute atomic E-state index is 11.6. The van der Waals surface area contributed by atoms with Gasteiger partial charge < -0.3 is 10.4 Å². The number of carbonyl (C=O) groups is 2. The third-order valence-electron chi connectivity index (χ3n) is 2.35. The van der Waals surface area contributed by atoms with Gasteiger partial charge in [0.1, 0.15) is 0 Å². The molecule has 7 nitrogen and oxygen atoms in total. The van der Waals surface area contributed by atoms with Gasteiger partial charge in [-0.1, -0.05) is 17.8 Å². The lowest BCUT2D eigenvalue weighted by molar-refractivity contribution is -0.380. The summed E-state index contributed by atoms with van der Waals surface area (Å²) in [6.07, 6.45) is 2.12. The standard InChI is InChI=1S/C11H14N2O5S/c14-10(15)4-2-1-3-7-12-11(16)8-5-6-9(19-8)13(17)18/h5-6H,1-4,7H2,(H,12,16)(H,14,15). The first kappa shape index (κ1) is 15.1. The van der Waals surface area contributed by atoms with E-state index >= 15 is 0 Å². The number of thiophene rings is 1. The number of nitrogens with zero attached hydrogens (tertiary/aromatic N) is 1. The van der Waals surface area contributed by atoms with Crippen molar-refractivity contribution in [1.29, 1.82) is 0 Å². The first-order valence-corrected chi connectivity index (χ1v) is 6.56. The molecule has 0 bridgehead atoms. The van der Waals surface area contributed by atoms with Gasteiger partial charge in [-0.25, -0.2) is 0 Å². The van der Waals surface area contributed by atoms with Gasteiger partial charge in [0.15, 0.2) is 0 Å². The van der Waals surface area contributed by atoms with Crippen LogP contribution in [0.25, 0.3) is 0 Å². The number of nitrogens with one attached hydrogen (secondary N) is 1. The number of rotatable bonds is 8. The number of hydrogen-bond donors (Lipinski definition) is 2. The van der Waals surface area contributed by atoms with Gasteiger partial charge in [-0.2, -0.15) is 0 Å². The quantitative estimate of drug-likeness (QED) is 0.431. The van der Waals surface area contributed by atoms with Crippen LogP contribution in [-0.4, -0.2) is 28.5 Å². The molecule has 1 heterocycles. The minimum atomic E-state index is -0.824. The monoisotopic (exact) mass is 286 g/mol. The molecule has 1 amide bonds. The maximum Gasteiger partial charge on any atom is 0.324 e. The number of unbranched alkanes of at least 4 members (excludes halogenated alkanes) is 2. The van der Waals surface area contributed by atoms with Crippen molar-refractivity contribution in [2.75, 3.05) is 6.54 Å². The summed E-state index contributed by atoms with van der Waals surface area (Å²) in [5.41, 5.74) is 0. The molecule has 0 saturated heterocycles. The number of carbonyl (C=O) groups excluding carboxylic acids is 1. The fraction of sp³-hybridized carbons (Fsp3) is 0.455. The highest BCUT2D eigenvalue weighted by atomic mass is 32.1. The van der Waals surface area contributed by atoms with E-state index in [1.807, 2.05) is 0 Å². The van der Waals surface area contributed by atoms with E-state index in [1.165, 1.54) is 12.1 Å². The zero-order valence-electron chi connectivity index (χ0n) is 10.1. The minimum Gasteiger partial charge on any atom is -0.481 e. The number of carboxylic acid groups (broad SMARTS) is 1. The average molecular weight is 286 g/mol. The summed E-state index contributed by atoms with van der Waals surface area (Å²) < 4.78 is 0. The number of amides is 1. The van der Waals surface area contributed by atoms with Crippen molar-refractivity contribution >= 4 is 28.2 Å². The van der Waals surface area contributed by atoms with Crippen LogP contribution in [-0.2, 0) is 4.79 Å². The summed E-state index contributed by atoms with van der Waals surface area (Å²) in [6.45, 7) is 0.435. The molecule has 19 heavy (non-hydrogen) atoms. The molecule has 8 heteroatoms.